The van der Waals surface area contributed by atoms with E-state index in [0.717, 1.165) is 41.6 Å². The van der Waals surface area contributed by atoms with Crippen LogP contribution < -0.4 is 4.90 Å². The molecular formula is C20H18FN3OS. The first-order valence-corrected chi connectivity index (χ1v) is 9.46. The lowest BCUT2D eigenvalue weighted by Crippen LogP contribution is -2.36. The topological polar surface area (TPSA) is 46.1 Å². The van der Waals surface area contributed by atoms with Crippen LogP contribution >= 0.6 is 11.3 Å². The molecule has 4 rings (SSSR count). The number of piperidine rings is 1. The van der Waals surface area contributed by atoms with Crippen LogP contribution in [0.4, 0.5) is 9.52 Å². The molecule has 132 valence electrons. The Morgan fingerprint density at radius 3 is 2.38 bits per heavy atom. The number of carbonyl (C=O) groups excluding carboxylic acids is 1. The van der Waals surface area contributed by atoms with Gasteiger partial charge in [0.2, 0.25) is 5.13 Å². The Balaban J connectivity index is 1.40. The molecule has 0 bridgehead atoms. The highest BCUT2D eigenvalue weighted by atomic mass is 32.1. The highest BCUT2D eigenvalue weighted by molar-refractivity contribution is 7.18. The number of Topliss-reactive ketones (excluding diaryl/α,β-unsaturated/α-hetero) is 1. The summed E-state index contributed by atoms with van der Waals surface area (Å²) in [6.45, 7) is 1.56. The SMILES string of the molecule is O=C(c1ccc(F)cc1)C1CCN(c2nnc(-c3ccccc3)s2)CC1. The third-order valence-corrected chi connectivity index (χ3v) is 5.73. The highest BCUT2D eigenvalue weighted by Gasteiger charge is 2.27. The molecule has 0 aliphatic carbocycles. The quantitative estimate of drug-likeness (QED) is 0.640. The van der Waals surface area contributed by atoms with E-state index in [9.17, 15) is 9.18 Å². The van der Waals surface area contributed by atoms with Gasteiger partial charge in [0.05, 0.1) is 0 Å². The van der Waals surface area contributed by atoms with E-state index in [1.807, 2.05) is 30.3 Å². The van der Waals surface area contributed by atoms with Gasteiger partial charge in [-0.05, 0) is 37.1 Å². The number of carbonyl (C=O) groups is 1. The van der Waals surface area contributed by atoms with E-state index in [0.29, 0.717) is 5.56 Å². The summed E-state index contributed by atoms with van der Waals surface area (Å²) in [4.78, 5) is 14.8. The number of hydrogen-bond acceptors (Lipinski definition) is 5. The van der Waals surface area contributed by atoms with Crippen LogP contribution in [-0.2, 0) is 0 Å². The van der Waals surface area contributed by atoms with Crippen LogP contribution in [0.2, 0.25) is 0 Å². The minimum absolute atomic E-state index is 0.0155. The van der Waals surface area contributed by atoms with Crippen LogP contribution in [0, 0.1) is 11.7 Å². The Hall–Kier alpha value is -2.60. The van der Waals surface area contributed by atoms with Crippen molar-refractivity contribution in [1.82, 2.24) is 10.2 Å². The Bertz CT molecular complexity index is 887. The predicted molar refractivity (Wildman–Crippen MR) is 101 cm³/mol. The summed E-state index contributed by atoms with van der Waals surface area (Å²) in [5, 5.41) is 10.4. The van der Waals surface area contributed by atoms with Crippen LogP contribution in [0.3, 0.4) is 0 Å². The van der Waals surface area contributed by atoms with Gasteiger partial charge in [-0.25, -0.2) is 4.39 Å². The average molecular weight is 367 g/mol. The van der Waals surface area contributed by atoms with Crippen molar-refractivity contribution >= 4 is 22.3 Å². The molecule has 26 heavy (non-hydrogen) atoms. The van der Waals surface area contributed by atoms with E-state index in [2.05, 4.69) is 15.1 Å². The van der Waals surface area contributed by atoms with Crippen LogP contribution in [0.1, 0.15) is 23.2 Å². The summed E-state index contributed by atoms with van der Waals surface area (Å²) < 4.78 is 13.0. The zero-order valence-corrected chi connectivity index (χ0v) is 15.0. The lowest BCUT2D eigenvalue weighted by Gasteiger charge is -2.30. The Morgan fingerprint density at radius 2 is 1.69 bits per heavy atom. The molecule has 6 heteroatoms. The van der Waals surface area contributed by atoms with Crippen molar-refractivity contribution in [3.63, 3.8) is 0 Å². The van der Waals surface area contributed by atoms with Gasteiger partial charge in [-0.2, -0.15) is 0 Å². The molecule has 4 nitrogen and oxygen atoms in total. The van der Waals surface area contributed by atoms with Crippen molar-refractivity contribution in [2.75, 3.05) is 18.0 Å². The fourth-order valence-corrected chi connectivity index (χ4v) is 4.13. The molecule has 0 spiro atoms. The summed E-state index contributed by atoms with van der Waals surface area (Å²) in [5.74, 6) is -0.230. The predicted octanol–water partition coefficient (Wildman–Crippen LogP) is 4.44. The van der Waals surface area contributed by atoms with E-state index in [-0.39, 0.29) is 17.5 Å². The number of halogens is 1. The molecule has 1 fully saturated rings. The number of rotatable bonds is 4. The lowest BCUT2D eigenvalue weighted by atomic mass is 9.89. The first kappa shape index (κ1) is 16.8. The number of ketones is 1. The molecule has 2 aromatic carbocycles. The fourth-order valence-electron chi connectivity index (χ4n) is 3.22. The Morgan fingerprint density at radius 1 is 1.00 bits per heavy atom. The van der Waals surface area contributed by atoms with Crippen molar-refractivity contribution < 1.29 is 9.18 Å². The summed E-state index contributed by atoms with van der Waals surface area (Å²) in [5.41, 5.74) is 1.66. The van der Waals surface area contributed by atoms with Crippen LogP contribution in [0.5, 0.6) is 0 Å². The molecule has 0 amide bonds. The van der Waals surface area contributed by atoms with Gasteiger partial charge in [0.15, 0.2) is 5.78 Å². The summed E-state index contributed by atoms with van der Waals surface area (Å²) >= 11 is 1.58. The van der Waals surface area contributed by atoms with E-state index in [1.54, 1.807) is 23.5 Å². The smallest absolute Gasteiger partial charge is 0.208 e. The number of benzene rings is 2. The molecule has 1 saturated heterocycles. The Kier molecular flexibility index (Phi) is 4.75. The minimum atomic E-state index is -0.318. The van der Waals surface area contributed by atoms with Gasteiger partial charge in [0.25, 0.3) is 0 Å². The second-order valence-corrected chi connectivity index (χ2v) is 7.34. The van der Waals surface area contributed by atoms with Gasteiger partial charge in [-0.1, -0.05) is 41.7 Å². The molecule has 0 N–H and O–H groups in total. The van der Waals surface area contributed by atoms with Gasteiger partial charge in [0.1, 0.15) is 10.8 Å². The van der Waals surface area contributed by atoms with Crippen LogP contribution in [-0.4, -0.2) is 29.1 Å². The Labute approximate surface area is 155 Å². The molecular weight excluding hydrogens is 349 g/mol. The van der Waals surface area contributed by atoms with Crippen molar-refractivity contribution in [3.05, 3.63) is 66.0 Å². The number of anilines is 1. The molecule has 1 aliphatic rings. The van der Waals surface area contributed by atoms with E-state index in [1.165, 1.54) is 12.1 Å². The zero-order valence-electron chi connectivity index (χ0n) is 14.1. The fraction of sp³-hybridized carbons (Fsp3) is 0.250. The molecule has 0 radical (unpaired) electrons. The van der Waals surface area contributed by atoms with E-state index >= 15 is 0 Å². The standard InChI is InChI=1S/C20H18FN3OS/c21-17-8-6-14(7-9-17)18(25)15-10-12-24(13-11-15)20-23-22-19(26-20)16-4-2-1-3-5-16/h1-9,15H,10-13H2. The monoisotopic (exact) mass is 367 g/mol. The van der Waals surface area contributed by atoms with Crippen molar-refractivity contribution in [2.24, 2.45) is 5.92 Å². The van der Waals surface area contributed by atoms with Crippen molar-refractivity contribution in [3.8, 4) is 10.6 Å². The molecule has 0 unspecified atom stereocenters. The van der Waals surface area contributed by atoms with Crippen molar-refractivity contribution in [1.29, 1.82) is 0 Å². The maximum atomic E-state index is 13.0. The maximum absolute atomic E-state index is 13.0. The molecule has 1 aromatic heterocycles. The van der Waals surface area contributed by atoms with Crippen molar-refractivity contribution in [2.45, 2.75) is 12.8 Å². The molecule has 3 aromatic rings. The summed E-state index contributed by atoms with van der Waals surface area (Å²) in [6.07, 6.45) is 1.55. The first-order chi connectivity index (χ1) is 12.7. The number of nitrogens with zero attached hydrogens (tertiary/aromatic N) is 3. The first-order valence-electron chi connectivity index (χ1n) is 8.64. The van der Waals surface area contributed by atoms with Gasteiger partial charge in [-0.15, -0.1) is 10.2 Å². The molecule has 2 heterocycles. The van der Waals surface area contributed by atoms with Gasteiger partial charge in [-0.3, -0.25) is 4.79 Å². The average Bonchev–Trinajstić information content (AvgIpc) is 3.19. The summed E-state index contributed by atoms with van der Waals surface area (Å²) in [6, 6.07) is 15.8. The largest absolute Gasteiger partial charge is 0.347 e. The third kappa shape index (κ3) is 3.51. The van der Waals surface area contributed by atoms with Crippen LogP contribution in [0.15, 0.2) is 54.6 Å². The maximum Gasteiger partial charge on any atom is 0.208 e. The zero-order chi connectivity index (χ0) is 17.9. The van der Waals surface area contributed by atoms with Gasteiger partial charge < -0.3 is 4.90 Å². The highest BCUT2D eigenvalue weighted by Crippen LogP contribution is 2.31. The second-order valence-electron chi connectivity index (χ2n) is 6.39. The normalized spacial score (nSPS) is 15.2. The number of aromatic nitrogens is 2. The van der Waals surface area contributed by atoms with Gasteiger partial charge in [0, 0.05) is 30.1 Å². The van der Waals surface area contributed by atoms with E-state index < -0.39 is 0 Å². The molecule has 1 aliphatic heterocycles. The lowest BCUT2D eigenvalue weighted by molar-refractivity contribution is 0.0900. The minimum Gasteiger partial charge on any atom is -0.347 e. The second kappa shape index (κ2) is 7.33. The molecule has 0 saturated carbocycles. The van der Waals surface area contributed by atoms with Crippen LogP contribution in [0.25, 0.3) is 10.6 Å². The van der Waals surface area contributed by atoms with E-state index in [4.69, 9.17) is 0 Å². The van der Waals surface area contributed by atoms with Gasteiger partial charge >= 0.3 is 0 Å². The molecule has 0 atom stereocenters. The summed E-state index contributed by atoms with van der Waals surface area (Å²) in [7, 11) is 0. The number of hydrogen-bond donors (Lipinski definition) is 0. The third-order valence-electron chi connectivity index (χ3n) is 4.70.